The zero-order chi connectivity index (χ0) is 13.8. The maximum absolute atomic E-state index is 11.0. The normalized spacial score (nSPS) is 34.3. The molecule has 0 aliphatic carbocycles. The number of piperidine rings is 2. The van der Waals surface area contributed by atoms with Crippen LogP contribution in [0.25, 0.3) is 0 Å². The molecule has 0 aromatic rings. The standard InChI is InChI=1S/C15H28N2O2/c1-12-11-13(15(18)19)6-9-17(12)10-7-14-5-3-4-8-16(14)2/h12-14H,3-11H2,1-2H3,(H,18,19). The van der Waals surface area contributed by atoms with Gasteiger partial charge in [0.05, 0.1) is 5.92 Å². The second-order valence-electron chi connectivity index (χ2n) is 6.36. The van der Waals surface area contributed by atoms with Crippen LogP contribution >= 0.6 is 0 Å². The van der Waals surface area contributed by atoms with Gasteiger partial charge in [0.15, 0.2) is 0 Å². The van der Waals surface area contributed by atoms with E-state index in [2.05, 4.69) is 23.8 Å². The molecule has 4 heteroatoms. The van der Waals surface area contributed by atoms with E-state index in [9.17, 15) is 4.79 Å². The highest BCUT2D eigenvalue weighted by Gasteiger charge is 2.30. The summed E-state index contributed by atoms with van der Waals surface area (Å²) in [6.45, 7) is 5.50. The van der Waals surface area contributed by atoms with Crippen LogP contribution in [0.3, 0.4) is 0 Å². The monoisotopic (exact) mass is 268 g/mol. The molecule has 3 atom stereocenters. The Bertz CT molecular complexity index is 309. The molecule has 3 unspecified atom stereocenters. The highest BCUT2D eigenvalue weighted by molar-refractivity contribution is 5.70. The SMILES string of the molecule is CC1CC(C(=O)O)CCN1CCC1CCCCN1C. The van der Waals surface area contributed by atoms with Gasteiger partial charge in [0.1, 0.15) is 0 Å². The minimum absolute atomic E-state index is 0.122. The van der Waals surface area contributed by atoms with Crippen molar-refractivity contribution in [1.29, 1.82) is 0 Å². The van der Waals surface area contributed by atoms with Crippen LogP contribution in [-0.4, -0.2) is 59.6 Å². The smallest absolute Gasteiger partial charge is 0.306 e. The minimum Gasteiger partial charge on any atom is -0.481 e. The van der Waals surface area contributed by atoms with E-state index in [1.165, 1.54) is 32.2 Å². The number of carbonyl (C=O) groups is 1. The molecule has 2 heterocycles. The Hall–Kier alpha value is -0.610. The summed E-state index contributed by atoms with van der Waals surface area (Å²) in [7, 11) is 2.24. The molecule has 2 saturated heterocycles. The van der Waals surface area contributed by atoms with Crippen LogP contribution in [0.1, 0.15) is 45.4 Å². The van der Waals surface area contributed by atoms with Crippen molar-refractivity contribution in [1.82, 2.24) is 9.80 Å². The third-order valence-electron chi connectivity index (χ3n) is 5.03. The van der Waals surface area contributed by atoms with Crippen molar-refractivity contribution < 1.29 is 9.90 Å². The lowest BCUT2D eigenvalue weighted by Gasteiger charge is -2.39. The van der Waals surface area contributed by atoms with E-state index in [0.717, 1.165) is 32.0 Å². The van der Waals surface area contributed by atoms with Gasteiger partial charge in [0.2, 0.25) is 0 Å². The molecule has 0 saturated carbocycles. The number of carboxylic acids is 1. The number of hydrogen-bond acceptors (Lipinski definition) is 3. The van der Waals surface area contributed by atoms with Crippen LogP contribution in [0.2, 0.25) is 0 Å². The van der Waals surface area contributed by atoms with Crippen LogP contribution in [0.4, 0.5) is 0 Å². The lowest BCUT2D eigenvalue weighted by molar-refractivity contribution is -0.144. The Morgan fingerprint density at radius 1 is 1.26 bits per heavy atom. The van der Waals surface area contributed by atoms with Gasteiger partial charge in [-0.1, -0.05) is 6.42 Å². The van der Waals surface area contributed by atoms with E-state index in [4.69, 9.17) is 5.11 Å². The van der Waals surface area contributed by atoms with E-state index in [0.29, 0.717) is 6.04 Å². The first-order valence-corrected chi connectivity index (χ1v) is 7.75. The Balaban J connectivity index is 1.75. The lowest BCUT2D eigenvalue weighted by atomic mass is 9.91. The Labute approximate surface area is 116 Å². The van der Waals surface area contributed by atoms with Gasteiger partial charge in [-0.05, 0) is 65.7 Å². The predicted octanol–water partition coefficient (Wildman–Crippen LogP) is 2.05. The summed E-state index contributed by atoms with van der Waals surface area (Å²) < 4.78 is 0. The summed E-state index contributed by atoms with van der Waals surface area (Å²) in [6.07, 6.45) is 6.91. The lowest BCUT2D eigenvalue weighted by Crippen LogP contribution is -2.45. The van der Waals surface area contributed by atoms with Crippen LogP contribution in [0, 0.1) is 5.92 Å². The van der Waals surface area contributed by atoms with E-state index in [1.54, 1.807) is 0 Å². The zero-order valence-corrected chi connectivity index (χ0v) is 12.3. The molecule has 0 radical (unpaired) electrons. The number of carboxylic acid groups (broad SMARTS) is 1. The third kappa shape index (κ3) is 3.93. The van der Waals surface area contributed by atoms with Crippen molar-refractivity contribution in [2.45, 2.75) is 57.5 Å². The number of aliphatic carboxylic acids is 1. The maximum Gasteiger partial charge on any atom is 0.306 e. The summed E-state index contributed by atoms with van der Waals surface area (Å²) in [5.41, 5.74) is 0. The fraction of sp³-hybridized carbons (Fsp3) is 0.933. The quantitative estimate of drug-likeness (QED) is 0.847. The minimum atomic E-state index is -0.612. The van der Waals surface area contributed by atoms with E-state index in [1.807, 2.05) is 0 Å². The molecule has 2 aliphatic rings. The van der Waals surface area contributed by atoms with Gasteiger partial charge < -0.3 is 14.9 Å². The van der Waals surface area contributed by atoms with Gasteiger partial charge in [0, 0.05) is 12.1 Å². The molecule has 4 nitrogen and oxygen atoms in total. The molecule has 110 valence electrons. The Kier molecular flexibility index (Phi) is 5.22. The number of rotatable bonds is 4. The largest absolute Gasteiger partial charge is 0.481 e. The van der Waals surface area contributed by atoms with Crippen molar-refractivity contribution in [3.05, 3.63) is 0 Å². The van der Waals surface area contributed by atoms with E-state index in [-0.39, 0.29) is 5.92 Å². The van der Waals surface area contributed by atoms with Crippen molar-refractivity contribution in [2.24, 2.45) is 5.92 Å². The number of likely N-dealkylation sites (tertiary alicyclic amines) is 2. The summed E-state index contributed by atoms with van der Waals surface area (Å²) in [5.74, 6) is -0.734. The molecule has 0 amide bonds. The molecule has 2 rings (SSSR count). The summed E-state index contributed by atoms with van der Waals surface area (Å²) >= 11 is 0. The fourth-order valence-electron chi connectivity index (χ4n) is 3.60. The zero-order valence-electron chi connectivity index (χ0n) is 12.3. The maximum atomic E-state index is 11.0. The molecule has 2 fully saturated rings. The van der Waals surface area contributed by atoms with Crippen LogP contribution < -0.4 is 0 Å². The molecule has 0 aromatic carbocycles. The van der Waals surface area contributed by atoms with Gasteiger partial charge in [-0.2, -0.15) is 0 Å². The second-order valence-corrected chi connectivity index (χ2v) is 6.36. The fourth-order valence-corrected chi connectivity index (χ4v) is 3.60. The Morgan fingerprint density at radius 3 is 2.68 bits per heavy atom. The van der Waals surface area contributed by atoms with Gasteiger partial charge in [0.25, 0.3) is 0 Å². The average molecular weight is 268 g/mol. The third-order valence-corrected chi connectivity index (χ3v) is 5.03. The predicted molar refractivity (Wildman–Crippen MR) is 76.3 cm³/mol. The van der Waals surface area contributed by atoms with Gasteiger partial charge >= 0.3 is 5.97 Å². The van der Waals surface area contributed by atoms with Crippen molar-refractivity contribution in [3.63, 3.8) is 0 Å². The topological polar surface area (TPSA) is 43.8 Å². The van der Waals surface area contributed by atoms with Crippen LogP contribution in [-0.2, 0) is 4.79 Å². The van der Waals surface area contributed by atoms with E-state index < -0.39 is 5.97 Å². The molecule has 0 spiro atoms. The van der Waals surface area contributed by atoms with Gasteiger partial charge in [-0.25, -0.2) is 0 Å². The highest BCUT2D eigenvalue weighted by Crippen LogP contribution is 2.24. The highest BCUT2D eigenvalue weighted by atomic mass is 16.4. The van der Waals surface area contributed by atoms with Gasteiger partial charge in [-0.3, -0.25) is 4.79 Å². The molecular weight excluding hydrogens is 240 g/mol. The summed E-state index contributed by atoms with van der Waals surface area (Å²) in [5, 5.41) is 9.09. The van der Waals surface area contributed by atoms with Crippen molar-refractivity contribution in [3.8, 4) is 0 Å². The van der Waals surface area contributed by atoms with Crippen molar-refractivity contribution in [2.75, 3.05) is 26.7 Å². The first-order chi connectivity index (χ1) is 9.08. The van der Waals surface area contributed by atoms with Gasteiger partial charge in [-0.15, -0.1) is 0 Å². The molecule has 0 aromatic heterocycles. The van der Waals surface area contributed by atoms with Crippen molar-refractivity contribution >= 4 is 5.97 Å². The number of hydrogen-bond donors (Lipinski definition) is 1. The number of nitrogens with zero attached hydrogens (tertiary/aromatic N) is 2. The Morgan fingerprint density at radius 2 is 2.05 bits per heavy atom. The summed E-state index contributed by atoms with van der Waals surface area (Å²) in [4.78, 5) is 16.0. The molecule has 1 N–H and O–H groups in total. The summed E-state index contributed by atoms with van der Waals surface area (Å²) in [6, 6.07) is 1.15. The molecule has 2 aliphatic heterocycles. The van der Waals surface area contributed by atoms with Crippen LogP contribution in [0.5, 0.6) is 0 Å². The second kappa shape index (κ2) is 6.71. The van der Waals surface area contributed by atoms with Crippen LogP contribution in [0.15, 0.2) is 0 Å². The molecular formula is C15H28N2O2. The molecule has 19 heavy (non-hydrogen) atoms. The average Bonchev–Trinajstić information content (AvgIpc) is 2.39. The molecule has 0 bridgehead atoms. The first-order valence-electron chi connectivity index (χ1n) is 7.75. The first kappa shape index (κ1) is 14.8. The van der Waals surface area contributed by atoms with E-state index >= 15 is 0 Å².